The van der Waals surface area contributed by atoms with E-state index in [0.29, 0.717) is 0 Å². The van der Waals surface area contributed by atoms with Gasteiger partial charge in [0.1, 0.15) is 0 Å². The van der Waals surface area contributed by atoms with Crippen molar-refractivity contribution in [1.29, 1.82) is 5.26 Å². The maximum atomic E-state index is 9.45. The van der Waals surface area contributed by atoms with E-state index in [4.69, 9.17) is 10.5 Å². The van der Waals surface area contributed by atoms with Crippen LogP contribution in [0.25, 0.3) is 0 Å². The Kier molecular flexibility index (Phi) is 2.00. The Hall–Kier alpha value is -1.64. The zero-order valence-corrected chi connectivity index (χ0v) is 3.61. The SMILES string of the molecule is N#C/C(=N\O)[N+](=O)[O-]. The van der Waals surface area contributed by atoms with Gasteiger partial charge < -0.3 is 15.3 Å². The molecule has 0 saturated carbocycles. The fourth-order valence-corrected chi connectivity index (χ4v) is 0.0997. The highest BCUT2D eigenvalue weighted by Crippen LogP contribution is 1.72. The topological polar surface area (TPSA) is 99.5 Å². The van der Waals surface area contributed by atoms with Crippen molar-refractivity contribution in [3.8, 4) is 6.07 Å². The van der Waals surface area contributed by atoms with Crippen molar-refractivity contribution in [3.63, 3.8) is 0 Å². The monoisotopic (exact) mass is 115 g/mol. The molecule has 6 nitrogen and oxygen atoms in total. The Balaban J connectivity index is 4.20. The summed E-state index contributed by atoms with van der Waals surface area (Å²) < 4.78 is 0. The molecule has 0 aliphatic rings. The summed E-state index contributed by atoms with van der Waals surface area (Å²) in [4.78, 5) is 8.37. The van der Waals surface area contributed by atoms with Gasteiger partial charge >= 0.3 is 5.84 Å². The van der Waals surface area contributed by atoms with Crippen LogP contribution in [0, 0.1) is 21.4 Å². The molecule has 1 N–H and O–H groups in total. The molecule has 8 heavy (non-hydrogen) atoms. The summed E-state index contributed by atoms with van der Waals surface area (Å²) in [7, 11) is 0. The smallest absolute Gasteiger partial charge is 0.357 e. The van der Waals surface area contributed by atoms with Crippen LogP contribution in [-0.4, -0.2) is 16.0 Å². The lowest BCUT2D eigenvalue weighted by Gasteiger charge is -1.80. The zero-order chi connectivity index (χ0) is 6.57. The fraction of sp³-hybridized carbons (Fsp3) is 0. The molecule has 0 bridgehead atoms. The molecule has 42 valence electrons. The standard InChI is InChI=1S/C2HN3O3/c3-1-2(4-6)5(7)8/h6H/b4-2+. The summed E-state index contributed by atoms with van der Waals surface area (Å²) in [5.74, 6) is -1.11. The average molecular weight is 115 g/mol. The van der Waals surface area contributed by atoms with E-state index in [-0.39, 0.29) is 0 Å². The van der Waals surface area contributed by atoms with Gasteiger partial charge in [-0.15, -0.1) is 0 Å². The summed E-state index contributed by atoms with van der Waals surface area (Å²) in [5, 5.41) is 26.9. The molecule has 0 amide bonds. The van der Waals surface area contributed by atoms with E-state index in [1.807, 2.05) is 0 Å². The first-order valence-corrected chi connectivity index (χ1v) is 1.49. The molecule has 0 aromatic carbocycles. The van der Waals surface area contributed by atoms with Crippen LogP contribution < -0.4 is 0 Å². The molecular weight excluding hydrogens is 114 g/mol. The third-order valence-electron chi connectivity index (χ3n) is 0.368. The maximum absolute atomic E-state index is 9.45. The van der Waals surface area contributed by atoms with E-state index in [2.05, 4.69) is 5.16 Å². The Morgan fingerprint density at radius 2 is 2.50 bits per heavy atom. The first kappa shape index (κ1) is 6.36. The highest BCUT2D eigenvalue weighted by atomic mass is 16.6. The first-order valence-electron chi connectivity index (χ1n) is 1.49. The lowest BCUT2D eigenvalue weighted by molar-refractivity contribution is -0.349. The molecule has 0 atom stereocenters. The van der Waals surface area contributed by atoms with E-state index >= 15 is 0 Å². The number of hydrogen-bond donors (Lipinski definition) is 1. The molecule has 0 spiro atoms. The van der Waals surface area contributed by atoms with Gasteiger partial charge in [-0.2, -0.15) is 5.26 Å². The summed E-state index contributed by atoms with van der Waals surface area (Å²) in [6, 6.07) is 1.05. The minimum absolute atomic E-state index is 1.05. The van der Waals surface area contributed by atoms with Gasteiger partial charge in [0, 0.05) is 0 Å². The Morgan fingerprint density at radius 1 is 2.00 bits per heavy atom. The summed E-state index contributed by atoms with van der Waals surface area (Å²) in [6.07, 6.45) is 0. The zero-order valence-electron chi connectivity index (χ0n) is 3.61. The van der Waals surface area contributed by atoms with Crippen molar-refractivity contribution >= 4 is 5.84 Å². The van der Waals surface area contributed by atoms with Gasteiger partial charge in [-0.1, -0.05) is 0 Å². The number of amidine groups is 1. The van der Waals surface area contributed by atoms with Crippen LogP contribution in [0.1, 0.15) is 0 Å². The van der Waals surface area contributed by atoms with Crippen LogP contribution in [0.3, 0.4) is 0 Å². The van der Waals surface area contributed by atoms with E-state index < -0.39 is 10.8 Å². The predicted octanol–water partition coefficient (Wildman–Crippen LogP) is -0.426. The van der Waals surface area contributed by atoms with Crippen LogP contribution in [0.4, 0.5) is 0 Å². The average Bonchev–Trinajstić information content (AvgIpc) is 1.69. The molecule has 0 aromatic rings. The molecule has 0 unspecified atom stereocenters. The second-order valence-electron chi connectivity index (χ2n) is 0.793. The van der Waals surface area contributed by atoms with E-state index in [9.17, 15) is 10.1 Å². The third-order valence-corrected chi connectivity index (χ3v) is 0.368. The molecule has 0 saturated heterocycles. The van der Waals surface area contributed by atoms with Gasteiger partial charge in [0.15, 0.2) is 5.16 Å². The maximum Gasteiger partial charge on any atom is 0.487 e. The molecule has 0 aliphatic heterocycles. The van der Waals surface area contributed by atoms with Gasteiger partial charge in [0.25, 0.3) is 0 Å². The number of nitrogens with zero attached hydrogens (tertiary/aromatic N) is 3. The third kappa shape index (κ3) is 1.22. The minimum atomic E-state index is -1.11. The number of nitriles is 1. The Bertz CT molecular complexity index is 166. The molecule has 0 radical (unpaired) electrons. The molecule has 0 aromatic heterocycles. The largest absolute Gasteiger partial charge is 0.487 e. The molecule has 0 aliphatic carbocycles. The van der Waals surface area contributed by atoms with Crippen LogP contribution in [0.5, 0.6) is 0 Å². The van der Waals surface area contributed by atoms with Crippen LogP contribution in [0.15, 0.2) is 5.16 Å². The van der Waals surface area contributed by atoms with Gasteiger partial charge in [-0.05, 0) is 4.92 Å². The van der Waals surface area contributed by atoms with E-state index in [1.165, 1.54) is 0 Å². The lowest BCUT2D eigenvalue weighted by atomic mass is 10.7. The fourth-order valence-electron chi connectivity index (χ4n) is 0.0997. The van der Waals surface area contributed by atoms with Crippen molar-refractivity contribution in [2.45, 2.75) is 0 Å². The summed E-state index contributed by atoms with van der Waals surface area (Å²) in [5.41, 5.74) is 0. The van der Waals surface area contributed by atoms with Crippen molar-refractivity contribution in [3.05, 3.63) is 10.1 Å². The van der Waals surface area contributed by atoms with Gasteiger partial charge in [0.05, 0.1) is 0 Å². The van der Waals surface area contributed by atoms with Gasteiger partial charge in [0.2, 0.25) is 6.07 Å². The lowest BCUT2D eigenvalue weighted by Crippen LogP contribution is -2.07. The number of nitro groups is 1. The van der Waals surface area contributed by atoms with Crippen molar-refractivity contribution in [2.75, 3.05) is 0 Å². The van der Waals surface area contributed by atoms with E-state index in [0.717, 1.165) is 6.07 Å². The summed E-state index contributed by atoms with van der Waals surface area (Å²) in [6.45, 7) is 0. The van der Waals surface area contributed by atoms with Crippen molar-refractivity contribution < 1.29 is 10.1 Å². The molecule has 0 fully saturated rings. The van der Waals surface area contributed by atoms with Crippen molar-refractivity contribution in [2.24, 2.45) is 5.16 Å². The van der Waals surface area contributed by atoms with Crippen LogP contribution in [0.2, 0.25) is 0 Å². The highest BCUT2D eigenvalue weighted by Gasteiger charge is 2.08. The molecular formula is C2HN3O3. The van der Waals surface area contributed by atoms with Crippen molar-refractivity contribution in [1.82, 2.24) is 0 Å². The number of oxime groups is 1. The normalized spacial score (nSPS) is 10.1. The van der Waals surface area contributed by atoms with E-state index in [1.54, 1.807) is 0 Å². The highest BCUT2D eigenvalue weighted by molar-refractivity contribution is 5.88. The van der Waals surface area contributed by atoms with Gasteiger partial charge in [-0.25, -0.2) is 0 Å². The molecule has 0 heterocycles. The molecule has 0 rings (SSSR count). The number of rotatable bonds is 0. The summed E-state index contributed by atoms with van der Waals surface area (Å²) >= 11 is 0. The Labute approximate surface area is 43.8 Å². The van der Waals surface area contributed by atoms with Gasteiger partial charge in [-0.3, -0.25) is 0 Å². The number of hydrogen-bond acceptors (Lipinski definition) is 5. The predicted molar refractivity (Wildman–Crippen MR) is 21.8 cm³/mol. The molecule has 6 heteroatoms. The first-order chi connectivity index (χ1) is 3.72. The minimum Gasteiger partial charge on any atom is -0.357 e. The Morgan fingerprint density at radius 3 is 2.50 bits per heavy atom. The second kappa shape index (κ2) is 2.52. The second-order valence-corrected chi connectivity index (χ2v) is 0.793. The van der Waals surface area contributed by atoms with Crippen LogP contribution >= 0.6 is 0 Å². The quantitative estimate of drug-likeness (QED) is 0.152. The van der Waals surface area contributed by atoms with Crippen LogP contribution in [-0.2, 0) is 0 Å².